The molecule has 0 amide bonds. The molecule has 1 aromatic carbocycles. The SMILES string of the molecule is CN(C)S(=O)(=O)c1ccc(N)c(NCC2CCSC2)c1. The van der Waals surface area contributed by atoms with E-state index in [0.717, 1.165) is 12.3 Å². The van der Waals surface area contributed by atoms with Crippen LogP contribution in [-0.4, -0.2) is 44.9 Å². The Kier molecular flexibility index (Phi) is 4.82. The van der Waals surface area contributed by atoms with Crippen LogP contribution in [0.1, 0.15) is 6.42 Å². The van der Waals surface area contributed by atoms with Gasteiger partial charge in [-0.2, -0.15) is 11.8 Å². The number of hydrogen-bond donors (Lipinski definition) is 2. The molecule has 1 atom stereocenters. The van der Waals surface area contributed by atoms with Crippen molar-refractivity contribution >= 4 is 33.2 Å². The van der Waals surface area contributed by atoms with Crippen molar-refractivity contribution in [2.24, 2.45) is 5.92 Å². The minimum Gasteiger partial charge on any atom is -0.397 e. The lowest BCUT2D eigenvalue weighted by atomic mass is 10.1. The summed E-state index contributed by atoms with van der Waals surface area (Å²) in [6.45, 7) is 0.836. The topological polar surface area (TPSA) is 75.4 Å². The Bertz CT molecular complexity index is 567. The van der Waals surface area contributed by atoms with Gasteiger partial charge in [-0.1, -0.05) is 0 Å². The molecule has 20 heavy (non-hydrogen) atoms. The predicted octanol–water partition coefficient (Wildman–Crippen LogP) is 1.68. The predicted molar refractivity (Wildman–Crippen MR) is 85.6 cm³/mol. The van der Waals surface area contributed by atoms with E-state index in [0.29, 0.717) is 17.3 Å². The van der Waals surface area contributed by atoms with Crippen molar-refractivity contribution in [3.05, 3.63) is 18.2 Å². The normalized spacial score (nSPS) is 19.4. The van der Waals surface area contributed by atoms with Gasteiger partial charge in [0.15, 0.2) is 0 Å². The number of nitrogens with two attached hydrogens (primary N) is 1. The van der Waals surface area contributed by atoms with Gasteiger partial charge in [0.1, 0.15) is 0 Å². The average Bonchev–Trinajstić information content (AvgIpc) is 2.90. The number of nitrogens with zero attached hydrogens (tertiary/aromatic N) is 1. The standard InChI is InChI=1S/C13H21N3O2S2/c1-16(2)20(17,18)11-3-4-12(14)13(7-11)15-8-10-5-6-19-9-10/h3-4,7,10,15H,5-6,8-9,14H2,1-2H3. The van der Waals surface area contributed by atoms with E-state index in [4.69, 9.17) is 5.73 Å². The Morgan fingerprint density at radius 3 is 2.80 bits per heavy atom. The van der Waals surface area contributed by atoms with E-state index in [2.05, 4.69) is 5.32 Å². The van der Waals surface area contributed by atoms with E-state index < -0.39 is 10.0 Å². The van der Waals surface area contributed by atoms with Crippen LogP contribution in [0.3, 0.4) is 0 Å². The van der Waals surface area contributed by atoms with E-state index in [1.807, 2.05) is 11.8 Å². The molecule has 3 N–H and O–H groups in total. The molecule has 0 spiro atoms. The van der Waals surface area contributed by atoms with E-state index in [1.54, 1.807) is 18.2 Å². The van der Waals surface area contributed by atoms with Gasteiger partial charge in [-0.15, -0.1) is 0 Å². The van der Waals surface area contributed by atoms with Crippen LogP contribution >= 0.6 is 11.8 Å². The molecule has 0 radical (unpaired) electrons. The van der Waals surface area contributed by atoms with Gasteiger partial charge in [0, 0.05) is 20.6 Å². The Hall–Kier alpha value is -0.920. The molecule has 0 bridgehead atoms. The average molecular weight is 315 g/mol. The molecule has 1 saturated heterocycles. The zero-order valence-corrected chi connectivity index (χ0v) is 13.4. The molecular formula is C13H21N3O2S2. The summed E-state index contributed by atoms with van der Waals surface area (Å²) in [6, 6.07) is 4.80. The van der Waals surface area contributed by atoms with Gasteiger partial charge in [0.2, 0.25) is 10.0 Å². The van der Waals surface area contributed by atoms with Crippen LogP contribution < -0.4 is 11.1 Å². The molecule has 1 aromatic rings. The van der Waals surface area contributed by atoms with Gasteiger partial charge in [-0.05, 0) is 42.0 Å². The van der Waals surface area contributed by atoms with Gasteiger partial charge >= 0.3 is 0 Å². The highest BCUT2D eigenvalue weighted by Gasteiger charge is 2.19. The lowest BCUT2D eigenvalue weighted by molar-refractivity contribution is 0.521. The first kappa shape index (κ1) is 15.5. The Morgan fingerprint density at radius 2 is 2.20 bits per heavy atom. The molecule has 1 aliphatic heterocycles. The van der Waals surface area contributed by atoms with Gasteiger partial charge in [0.25, 0.3) is 0 Å². The van der Waals surface area contributed by atoms with Crippen molar-refractivity contribution < 1.29 is 8.42 Å². The summed E-state index contributed by atoms with van der Waals surface area (Å²) in [7, 11) is -0.375. The third kappa shape index (κ3) is 3.39. The zero-order valence-electron chi connectivity index (χ0n) is 11.8. The third-order valence-corrected chi connectivity index (χ3v) is 6.45. The van der Waals surface area contributed by atoms with Crippen LogP contribution in [0.5, 0.6) is 0 Å². The van der Waals surface area contributed by atoms with Gasteiger partial charge in [-0.3, -0.25) is 0 Å². The fraction of sp³-hybridized carbons (Fsp3) is 0.538. The lowest BCUT2D eigenvalue weighted by Gasteiger charge is -2.16. The number of benzene rings is 1. The van der Waals surface area contributed by atoms with Crippen molar-refractivity contribution in [2.45, 2.75) is 11.3 Å². The van der Waals surface area contributed by atoms with Crippen LogP contribution in [0.15, 0.2) is 23.1 Å². The van der Waals surface area contributed by atoms with Crippen LogP contribution in [0.4, 0.5) is 11.4 Å². The third-order valence-electron chi connectivity index (χ3n) is 3.41. The number of nitrogens with one attached hydrogen (secondary N) is 1. The van der Waals surface area contributed by atoms with Crippen molar-refractivity contribution in [2.75, 3.05) is 43.2 Å². The van der Waals surface area contributed by atoms with E-state index in [-0.39, 0.29) is 4.90 Å². The summed E-state index contributed by atoms with van der Waals surface area (Å²) in [4.78, 5) is 0.264. The van der Waals surface area contributed by atoms with Crippen LogP contribution in [0.2, 0.25) is 0 Å². The number of thioether (sulfide) groups is 1. The largest absolute Gasteiger partial charge is 0.397 e. The second-order valence-corrected chi connectivity index (χ2v) is 8.45. The molecule has 1 unspecified atom stereocenters. The maximum absolute atomic E-state index is 12.1. The number of anilines is 2. The summed E-state index contributed by atoms with van der Waals surface area (Å²) in [5.41, 5.74) is 7.19. The second kappa shape index (κ2) is 6.24. The van der Waals surface area contributed by atoms with Crippen molar-refractivity contribution in [1.82, 2.24) is 4.31 Å². The fourth-order valence-electron chi connectivity index (χ4n) is 2.06. The van der Waals surface area contributed by atoms with Crippen LogP contribution in [0.25, 0.3) is 0 Å². The molecule has 0 aromatic heterocycles. The Labute approximate surface area is 125 Å². The second-order valence-electron chi connectivity index (χ2n) is 5.15. The molecule has 1 aliphatic rings. The van der Waals surface area contributed by atoms with Crippen molar-refractivity contribution in [3.8, 4) is 0 Å². The monoisotopic (exact) mass is 315 g/mol. The van der Waals surface area contributed by atoms with E-state index in [1.165, 1.54) is 30.6 Å². The first-order chi connectivity index (χ1) is 9.41. The smallest absolute Gasteiger partial charge is 0.242 e. The molecule has 1 heterocycles. The number of sulfonamides is 1. The summed E-state index contributed by atoms with van der Waals surface area (Å²) in [5, 5.41) is 3.28. The first-order valence-electron chi connectivity index (χ1n) is 6.55. The highest BCUT2D eigenvalue weighted by Crippen LogP contribution is 2.27. The molecule has 7 heteroatoms. The van der Waals surface area contributed by atoms with Crippen LogP contribution in [0, 0.1) is 5.92 Å². The minimum absolute atomic E-state index is 0.264. The van der Waals surface area contributed by atoms with E-state index >= 15 is 0 Å². The fourth-order valence-corrected chi connectivity index (χ4v) is 4.27. The van der Waals surface area contributed by atoms with Gasteiger partial charge < -0.3 is 11.1 Å². The molecule has 112 valence electrons. The van der Waals surface area contributed by atoms with Crippen molar-refractivity contribution in [1.29, 1.82) is 0 Å². The zero-order chi connectivity index (χ0) is 14.8. The highest BCUT2D eigenvalue weighted by atomic mass is 32.2. The Morgan fingerprint density at radius 1 is 1.45 bits per heavy atom. The maximum Gasteiger partial charge on any atom is 0.242 e. The molecule has 0 saturated carbocycles. The minimum atomic E-state index is -3.42. The van der Waals surface area contributed by atoms with Crippen molar-refractivity contribution in [3.63, 3.8) is 0 Å². The maximum atomic E-state index is 12.1. The van der Waals surface area contributed by atoms with Crippen LogP contribution in [-0.2, 0) is 10.0 Å². The molecule has 5 nitrogen and oxygen atoms in total. The van der Waals surface area contributed by atoms with Gasteiger partial charge in [0.05, 0.1) is 16.3 Å². The van der Waals surface area contributed by atoms with Gasteiger partial charge in [-0.25, -0.2) is 12.7 Å². The highest BCUT2D eigenvalue weighted by molar-refractivity contribution is 7.99. The summed E-state index contributed by atoms with van der Waals surface area (Å²) in [6.07, 6.45) is 1.20. The number of rotatable bonds is 5. The summed E-state index contributed by atoms with van der Waals surface area (Å²) >= 11 is 1.96. The first-order valence-corrected chi connectivity index (χ1v) is 9.14. The molecule has 2 rings (SSSR count). The number of hydrogen-bond acceptors (Lipinski definition) is 5. The molecule has 0 aliphatic carbocycles. The Balaban J connectivity index is 2.16. The number of nitrogen functional groups attached to an aromatic ring is 1. The van der Waals surface area contributed by atoms with E-state index in [9.17, 15) is 8.42 Å². The lowest BCUT2D eigenvalue weighted by Crippen LogP contribution is -2.22. The summed E-state index contributed by atoms with van der Waals surface area (Å²) in [5.74, 6) is 2.99. The summed E-state index contributed by atoms with van der Waals surface area (Å²) < 4.78 is 25.4. The quantitative estimate of drug-likeness (QED) is 0.809. The molecular weight excluding hydrogens is 294 g/mol. The molecule has 1 fully saturated rings.